The number of rotatable bonds is 7. The highest BCUT2D eigenvalue weighted by Crippen LogP contribution is 2.32. The van der Waals surface area contributed by atoms with Crippen molar-refractivity contribution in [3.63, 3.8) is 0 Å². The van der Waals surface area contributed by atoms with E-state index >= 15 is 0 Å². The Morgan fingerprint density at radius 3 is 2.70 bits per heavy atom. The number of carbonyl (C=O) groups is 1. The van der Waals surface area contributed by atoms with Crippen molar-refractivity contribution in [3.8, 4) is 17.2 Å². The molecule has 33 heavy (non-hydrogen) atoms. The second-order valence-corrected chi connectivity index (χ2v) is 8.84. The third-order valence-corrected chi connectivity index (χ3v) is 6.14. The standard InChI is InChI=1S/C26H24Cl2N2O3/c1-4-15(2)17-6-9-24-22(12-17)30-26(33-24)18-5-8-20(28)21(13-18)29-25(31)14-32-23-10-7-19(27)11-16(23)3/h5-13,15H,4,14H2,1-3H3,(H,29,31)/t15-/m1/s1. The van der Waals surface area contributed by atoms with Gasteiger partial charge in [-0.05, 0) is 78.9 Å². The van der Waals surface area contributed by atoms with Crippen LogP contribution in [-0.4, -0.2) is 17.5 Å². The quantitative estimate of drug-likeness (QED) is 0.293. The largest absolute Gasteiger partial charge is 0.483 e. The van der Waals surface area contributed by atoms with Gasteiger partial charge in [-0.25, -0.2) is 4.98 Å². The molecule has 1 aromatic heterocycles. The summed E-state index contributed by atoms with van der Waals surface area (Å²) in [6.07, 6.45) is 1.05. The van der Waals surface area contributed by atoms with Gasteiger partial charge in [0.15, 0.2) is 12.2 Å². The highest BCUT2D eigenvalue weighted by Gasteiger charge is 2.14. The number of aryl methyl sites for hydroxylation is 1. The molecule has 7 heteroatoms. The molecule has 0 spiro atoms. The molecule has 170 valence electrons. The minimum atomic E-state index is -0.334. The second-order valence-electron chi connectivity index (χ2n) is 8.00. The van der Waals surface area contributed by atoms with Gasteiger partial charge in [-0.1, -0.05) is 43.1 Å². The van der Waals surface area contributed by atoms with Crippen LogP contribution in [0.15, 0.2) is 59.0 Å². The molecule has 0 saturated carbocycles. The van der Waals surface area contributed by atoms with Gasteiger partial charge in [0.1, 0.15) is 11.3 Å². The highest BCUT2D eigenvalue weighted by molar-refractivity contribution is 6.33. The number of aromatic nitrogens is 1. The van der Waals surface area contributed by atoms with Crippen LogP contribution in [0.4, 0.5) is 5.69 Å². The van der Waals surface area contributed by atoms with E-state index in [0.29, 0.717) is 44.4 Å². The fourth-order valence-electron chi connectivity index (χ4n) is 3.47. The highest BCUT2D eigenvalue weighted by atomic mass is 35.5. The zero-order chi connectivity index (χ0) is 23.5. The van der Waals surface area contributed by atoms with Crippen LogP contribution in [0.25, 0.3) is 22.6 Å². The number of nitrogens with zero attached hydrogens (tertiary/aromatic N) is 1. The summed E-state index contributed by atoms with van der Waals surface area (Å²) in [5.41, 5.74) is 4.76. The van der Waals surface area contributed by atoms with Gasteiger partial charge in [0.2, 0.25) is 5.89 Å². The molecule has 0 unspecified atom stereocenters. The van der Waals surface area contributed by atoms with Crippen LogP contribution >= 0.6 is 23.2 Å². The molecule has 3 aromatic carbocycles. The minimum Gasteiger partial charge on any atom is -0.483 e. The van der Waals surface area contributed by atoms with E-state index in [-0.39, 0.29) is 12.5 Å². The Morgan fingerprint density at radius 2 is 1.94 bits per heavy atom. The zero-order valence-corrected chi connectivity index (χ0v) is 20.1. The summed E-state index contributed by atoms with van der Waals surface area (Å²) in [5.74, 6) is 1.18. The molecule has 0 aliphatic rings. The molecule has 0 saturated heterocycles. The fraction of sp³-hybridized carbons (Fsp3) is 0.231. The van der Waals surface area contributed by atoms with Crippen molar-refractivity contribution in [2.75, 3.05) is 11.9 Å². The Labute approximate surface area is 202 Å². The molecule has 1 atom stereocenters. The lowest BCUT2D eigenvalue weighted by molar-refractivity contribution is -0.118. The Morgan fingerprint density at radius 1 is 1.12 bits per heavy atom. The van der Waals surface area contributed by atoms with Crippen LogP contribution < -0.4 is 10.1 Å². The number of nitrogens with one attached hydrogen (secondary N) is 1. The lowest BCUT2D eigenvalue weighted by Crippen LogP contribution is -2.20. The van der Waals surface area contributed by atoms with Crippen LogP contribution in [-0.2, 0) is 4.79 Å². The average molecular weight is 483 g/mol. The first kappa shape index (κ1) is 23.1. The van der Waals surface area contributed by atoms with Crippen LogP contribution in [0.3, 0.4) is 0 Å². The number of anilines is 1. The number of hydrogen-bond acceptors (Lipinski definition) is 4. The first-order valence-corrected chi connectivity index (χ1v) is 11.5. The van der Waals surface area contributed by atoms with E-state index in [9.17, 15) is 4.79 Å². The normalized spacial score (nSPS) is 12.0. The summed E-state index contributed by atoms with van der Waals surface area (Å²) in [4.78, 5) is 17.1. The van der Waals surface area contributed by atoms with E-state index < -0.39 is 0 Å². The molecule has 0 fully saturated rings. The van der Waals surface area contributed by atoms with Gasteiger partial charge in [0.05, 0.1) is 10.7 Å². The predicted octanol–water partition coefficient (Wildman–Crippen LogP) is 7.64. The van der Waals surface area contributed by atoms with Crippen molar-refractivity contribution in [1.29, 1.82) is 0 Å². The fourth-order valence-corrected chi connectivity index (χ4v) is 3.86. The third kappa shape index (κ3) is 5.32. The number of hydrogen-bond donors (Lipinski definition) is 1. The number of amides is 1. The molecular weight excluding hydrogens is 459 g/mol. The Hall–Kier alpha value is -3.02. The van der Waals surface area contributed by atoms with Gasteiger partial charge >= 0.3 is 0 Å². The molecular formula is C26H24Cl2N2O3. The molecule has 1 N–H and O–H groups in total. The Kier molecular flexibility index (Phi) is 6.91. The molecule has 4 aromatic rings. The summed E-state index contributed by atoms with van der Waals surface area (Å²) >= 11 is 12.3. The molecule has 5 nitrogen and oxygen atoms in total. The van der Waals surface area contributed by atoms with Gasteiger partial charge in [-0.15, -0.1) is 0 Å². The maximum absolute atomic E-state index is 12.5. The lowest BCUT2D eigenvalue weighted by Gasteiger charge is -2.11. The third-order valence-electron chi connectivity index (χ3n) is 5.58. The van der Waals surface area contributed by atoms with Gasteiger partial charge in [-0.2, -0.15) is 0 Å². The maximum Gasteiger partial charge on any atom is 0.262 e. The SMILES string of the molecule is CC[C@@H](C)c1ccc2oc(-c3ccc(Cl)c(NC(=O)COc4ccc(Cl)cc4C)c3)nc2c1. The van der Waals surface area contributed by atoms with Gasteiger partial charge in [0.25, 0.3) is 5.91 Å². The first-order chi connectivity index (χ1) is 15.8. The number of halogens is 2. The molecule has 4 rings (SSSR count). The topological polar surface area (TPSA) is 64.4 Å². The van der Waals surface area contributed by atoms with Crippen LogP contribution in [0.2, 0.25) is 10.0 Å². The first-order valence-electron chi connectivity index (χ1n) is 10.7. The van der Waals surface area contributed by atoms with Crippen LogP contribution in [0, 0.1) is 6.92 Å². The van der Waals surface area contributed by atoms with E-state index in [1.165, 1.54) is 5.56 Å². The minimum absolute atomic E-state index is 0.162. The van der Waals surface area contributed by atoms with Crippen molar-refractivity contribution < 1.29 is 13.9 Å². The van der Waals surface area contributed by atoms with Gasteiger partial charge in [-0.3, -0.25) is 4.79 Å². The van der Waals surface area contributed by atoms with Gasteiger partial charge < -0.3 is 14.5 Å². The number of oxazole rings is 1. The summed E-state index contributed by atoms with van der Waals surface area (Å²) in [7, 11) is 0. The predicted molar refractivity (Wildman–Crippen MR) is 133 cm³/mol. The molecule has 1 amide bonds. The average Bonchev–Trinajstić information content (AvgIpc) is 3.23. The summed E-state index contributed by atoms with van der Waals surface area (Å²) in [6, 6.07) is 16.6. The van der Waals surface area contributed by atoms with Crippen molar-refractivity contribution in [1.82, 2.24) is 4.98 Å². The number of carbonyl (C=O) groups excluding carboxylic acids is 1. The van der Waals surface area contributed by atoms with Crippen LogP contribution in [0.5, 0.6) is 5.75 Å². The van der Waals surface area contributed by atoms with Crippen molar-refractivity contribution in [3.05, 3.63) is 75.8 Å². The zero-order valence-electron chi connectivity index (χ0n) is 18.6. The summed E-state index contributed by atoms with van der Waals surface area (Å²) in [6.45, 7) is 6.05. The summed E-state index contributed by atoms with van der Waals surface area (Å²) < 4.78 is 11.6. The number of benzene rings is 3. The monoisotopic (exact) mass is 482 g/mol. The van der Waals surface area contributed by atoms with E-state index in [2.05, 4.69) is 36.3 Å². The van der Waals surface area contributed by atoms with Crippen molar-refractivity contribution >= 4 is 45.9 Å². The van der Waals surface area contributed by atoms with Crippen molar-refractivity contribution in [2.24, 2.45) is 0 Å². The van der Waals surface area contributed by atoms with Crippen LogP contribution in [0.1, 0.15) is 37.3 Å². The molecule has 0 radical (unpaired) electrons. The summed E-state index contributed by atoms with van der Waals surface area (Å²) in [5, 5.41) is 3.82. The molecule has 1 heterocycles. The Bertz CT molecular complexity index is 1320. The van der Waals surface area contributed by atoms with Crippen molar-refractivity contribution in [2.45, 2.75) is 33.1 Å². The molecule has 0 bridgehead atoms. The van der Waals surface area contributed by atoms with Gasteiger partial charge in [0, 0.05) is 10.6 Å². The lowest BCUT2D eigenvalue weighted by atomic mass is 9.98. The smallest absolute Gasteiger partial charge is 0.262 e. The number of fused-ring (bicyclic) bond motifs is 1. The van der Waals surface area contributed by atoms with E-state index in [0.717, 1.165) is 17.5 Å². The molecule has 0 aliphatic carbocycles. The van der Waals surface area contributed by atoms with E-state index in [1.54, 1.807) is 30.3 Å². The Balaban J connectivity index is 1.51. The molecule has 0 aliphatic heterocycles. The van der Waals surface area contributed by atoms with E-state index in [1.807, 2.05) is 19.1 Å². The maximum atomic E-state index is 12.5. The number of ether oxygens (including phenoxy) is 1. The second kappa shape index (κ2) is 9.86. The van der Waals surface area contributed by atoms with E-state index in [4.69, 9.17) is 32.4 Å².